The Bertz CT molecular complexity index is 562. The maximum atomic E-state index is 11.2. The molecule has 1 aromatic rings. The Hall–Kier alpha value is -1.67. The van der Waals surface area contributed by atoms with Crippen LogP contribution in [-0.2, 0) is 19.6 Å². The minimum Gasteiger partial charge on any atom is -0.480 e. The van der Waals surface area contributed by atoms with E-state index in [-0.39, 0.29) is 37.1 Å². The minimum absolute atomic E-state index is 0. The van der Waals surface area contributed by atoms with Gasteiger partial charge in [-0.1, -0.05) is 0 Å². The highest BCUT2D eigenvalue weighted by molar-refractivity contribution is 7.92. The molecule has 0 unspecified atom stereocenters. The molecule has 0 radical (unpaired) electrons. The number of hydrogen-bond donors (Lipinski definition) is 2. The van der Waals surface area contributed by atoms with Crippen molar-refractivity contribution in [1.29, 1.82) is 0 Å². The van der Waals surface area contributed by atoms with Crippen molar-refractivity contribution in [1.82, 2.24) is 0 Å². The Kier molecular flexibility index (Phi) is 7.16. The number of ether oxygens (including phenoxy) is 2. The summed E-state index contributed by atoms with van der Waals surface area (Å²) in [5.74, 6) is -0.336. The van der Waals surface area contributed by atoms with Gasteiger partial charge in [-0.3, -0.25) is 4.72 Å². The molecule has 0 aliphatic carbocycles. The molecule has 0 heterocycles. The van der Waals surface area contributed by atoms with Gasteiger partial charge in [0.15, 0.2) is 6.61 Å². The summed E-state index contributed by atoms with van der Waals surface area (Å²) in [4.78, 5) is 11.2. The first kappa shape index (κ1) is 18.3. The lowest BCUT2D eigenvalue weighted by molar-refractivity contribution is -0.145. The van der Waals surface area contributed by atoms with Crippen LogP contribution < -0.4 is 15.2 Å². The number of halogens is 1. The molecule has 0 saturated heterocycles. The van der Waals surface area contributed by atoms with Gasteiger partial charge in [0.05, 0.1) is 18.6 Å². The maximum Gasteiger partial charge on any atom is 0.344 e. The van der Waals surface area contributed by atoms with E-state index in [4.69, 9.17) is 15.2 Å². The van der Waals surface area contributed by atoms with Crippen molar-refractivity contribution in [3.8, 4) is 5.75 Å². The molecule has 0 fully saturated rings. The van der Waals surface area contributed by atoms with Crippen molar-refractivity contribution in [2.75, 3.05) is 29.9 Å². The number of sulfonamides is 1. The molecule has 7 nitrogen and oxygen atoms in total. The van der Waals surface area contributed by atoms with Crippen LogP contribution in [-0.4, -0.2) is 33.9 Å². The summed E-state index contributed by atoms with van der Waals surface area (Å²) in [6.45, 7) is 1.62. The number of nitrogen functional groups attached to an aromatic ring is 1. The smallest absolute Gasteiger partial charge is 0.344 e. The predicted octanol–water partition coefficient (Wildman–Crippen LogP) is 1.00. The highest BCUT2D eigenvalue weighted by atomic mass is 35.5. The minimum atomic E-state index is -3.47. The van der Waals surface area contributed by atoms with Gasteiger partial charge >= 0.3 is 5.97 Å². The van der Waals surface area contributed by atoms with Crippen molar-refractivity contribution >= 4 is 39.8 Å². The fraction of sp³-hybridized carbons (Fsp3) is 0.364. The number of carbonyl (C=O) groups is 1. The third-order valence-electron chi connectivity index (χ3n) is 1.95. The highest BCUT2D eigenvalue weighted by Crippen LogP contribution is 2.27. The number of anilines is 2. The summed E-state index contributed by atoms with van der Waals surface area (Å²) >= 11 is 0. The lowest BCUT2D eigenvalue weighted by Crippen LogP contribution is -2.16. The molecule has 3 N–H and O–H groups in total. The van der Waals surface area contributed by atoms with Crippen molar-refractivity contribution in [2.24, 2.45) is 0 Å². The van der Waals surface area contributed by atoms with Crippen LogP contribution >= 0.6 is 12.4 Å². The largest absolute Gasteiger partial charge is 0.480 e. The van der Waals surface area contributed by atoms with Crippen LogP contribution in [0.2, 0.25) is 0 Å². The number of esters is 1. The van der Waals surface area contributed by atoms with Gasteiger partial charge in [0.25, 0.3) is 0 Å². The van der Waals surface area contributed by atoms with Crippen LogP contribution in [0.4, 0.5) is 11.4 Å². The van der Waals surface area contributed by atoms with Gasteiger partial charge in [0, 0.05) is 5.69 Å². The van der Waals surface area contributed by atoms with Gasteiger partial charge in [0.2, 0.25) is 10.0 Å². The Balaban J connectivity index is 0.00000361. The van der Waals surface area contributed by atoms with E-state index in [0.29, 0.717) is 5.69 Å². The van der Waals surface area contributed by atoms with E-state index in [9.17, 15) is 13.2 Å². The topological polar surface area (TPSA) is 108 Å². The monoisotopic (exact) mass is 324 g/mol. The number of nitrogens with two attached hydrogens (primary N) is 1. The highest BCUT2D eigenvalue weighted by Gasteiger charge is 2.11. The molecule has 0 aliphatic heterocycles. The van der Waals surface area contributed by atoms with Crippen molar-refractivity contribution in [3.05, 3.63) is 18.2 Å². The van der Waals surface area contributed by atoms with Crippen molar-refractivity contribution in [3.63, 3.8) is 0 Å². The average molecular weight is 325 g/mol. The average Bonchev–Trinajstić information content (AvgIpc) is 2.26. The van der Waals surface area contributed by atoms with E-state index in [0.717, 1.165) is 6.26 Å². The van der Waals surface area contributed by atoms with Crippen molar-refractivity contribution in [2.45, 2.75) is 6.92 Å². The molecule has 0 aliphatic rings. The van der Waals surface area contributed by atoms with E-state index in [1.54, 1.807) is 6.92 Å². The van der Waals surface area contributed by atoms with Gasteiger partial charge in [-0.15, -0.1) is 12.4 Å². The van der Waals surface area contributed by atoms with Gasteiger partial charge in [-0.2, -0.15) is 0 Å². The summed E-state index contributed by atoms with van der Waals surface area (Å²) in [7, 11) is -3.47. The summed E-state index contributed by atoms with van der Waals surface area (Å²) in [5, 5.41) is 0. The SMILES string of the molecule is CCOC(=O)COc1ccc(N)cc1NS(C)(=O)=O.Cl. The first-order chi connectivity index (χ1) is 8.81. The number of rotatable bonds is 6. The van der Waals surface area contributed by atoms with Crippen LogP contribution in [0.5, 0.6) is 5.75 Å². The number of carbonyl (C=O) groups excluding carboxylic acids is 1. The lowest BCUT2D eigenvalue weighted by atomic mass is 10.2. The normalized spacial score (nSPS) is 10.3. The predicted molar refractivity (Wildman–Crippen MR) is 78.7 cm³/mol. The fourth-order valence-electron chi connectivity index (χ4n) is 1.29. The van der Waals surface area contributed by atoms with Gasteiger partial charge < -0.3 is 15.2 Å². The molecule has 0 aromatic heterocycles. The van der Waals surface area contributed by atoms with E-state index < -0.39 is 16.0 Å². The Labute approximate surface area is 123 Å². The molecule has 9 heteroatoms. The molecule has 1 aromatic carbocycles. The van der Waals surface area contributed by atoms with Gasteiger partial charge in [-0.05, 0) is 25.1 Å². The standard InChI is InChI=1S/C11H16N2O5S.ClH/c1-3-17-11(14)7-18-10-5-4-8(12)6-9(10)13-19(2,15)16;/h4-6,13H,3,7,12H2,1-2H3;1H. The van der Waals surface area contributed by atoms with E-state index in [1.807, 2.05) is 0 Å². The second-order valence-electron chi connectivity index (χ2n) is 3.72. The quantitative estimate of drug-likeness (QED) is 0.597. The summed E-state index contributed by atoms with van der Waals surface area (Å²) < 4.78 is 34.6. The zero-order valence-corrected chi connectivity index (χ0v) is 12.7. The summed E-state index contributed by atoms with van der Waals surface area (Å²) in [6, 6.07) is 4.41. The third-order valence-corrected chi connectivity index (χ3v) is 2.54. The third kappa shape index (κ3) is 6.48. The Morgan fingerprint density at radius 1 is 1.40 bits per heavy atom. The molecule has 1 rings (SSSR count). The van der Waals surface area contributed by atoms with Crippen LogP contribution in [0.1, 0.15) is 6.92 Å². The number of benzene rings is 1. The number of nitrogens with one attached hydrogen (secondary N) is 1. The fourth-order valence-corrected chi connectivity index (χ4v) is 1.85. The molecule has 0 amide bonds. The number of hydrogen-bond acceptors (Lipinski definition) is 6. The van der Waals surface area contributed by atoms with Crippen LogP contribution in [0.3, 0.4) is 0 Å². The molecule has 0 saturated carbocycles. The molecular formula is C11H17ClN2O5S. The lowest BCUT2D eigenvalue weighted by Gasteiger charge is -2.12. The van der Waals surface area contributed by atoms with Crippen LogP contribution in [0.15, 0.2) is 18.2 Å². The first-order valence-corrected chi connectivity index (χ1v) is 7.36. The van der Waals surface area contributed by atoms with E-state index in [2.05, 4.69) is 4.72 Å². The molecular weight excluding hydrogens is 308 g/mol. The molecule has 114 valence electrons. The zero-order chi connectivity index (χ0) is 14.5. The second kappa shape index (κ2) is 7.81. The van der Waals surface area contributed by atoms with E-state index >= 15 is 0 Å². The van der Waals surface area contributed by atoms with Crippen LogP contribution in [0.25, 0.3) is 0 Å². The molecule has 0 atom stereocenters. The zero-order valence-electron chi connectivity index (χ0n) is 11.1. The maximum absolute atomic E-state index is 11.2. The second-order valence-corrected chi connectivity index (χ2v) is 5.47. The van der Waals surface area contributed by atoms with Crippen LogP contribution in [0, 0.1) is 0 Å². The first-order valence-electron chi connectivity index (χ1n) is 5.47. The molecule has 20 heavy (non-hydrogen) atoms. The van der Waals surface area contributed by atoms with Gasteiger partial charge in [0.1, 0.15) is 5.75 Å². The Morgan fingerprint density at radius 2 is 2.05 bits per heavy atom. The van der Waals surface area contributed by atoms with Crippen molar-refractivity contribution < 1.29 is 22.7 Å². The molecule has 0 bridgehead atoms. The van der Waals surface area contributed by atoms with Gasteiger partial charge in [-0.25, -0.2) is 13.2 Å². The van der Waals surface area contributed by atoms with E-state index in [1.165, 1.54) is 18.2 Å². The summed E-state index contributed by atoms with van der Waals surface area (Å²) in [5.41, 5.74) is 6.11. The molecule has 0 spiro atoms. The summed E-state index contributed by atoms with van der Waals surface area (Å²) in [6.07, 6.45) is 1.01. The Morgan fingerprint density at radius 3 is 2.60 bits per heavy atom.